The predicted molar refractivity (Wildman–Crippen MR) is 109 cm³/mol. The highest BCUT2D eigenvalue weighted by atomic mass is 15.5. The van der Waals surface area contributed by atoms with Crippen LogP contribution in [0.3, 0.4) is 0 Å². The number of pyridine rings is 1. The molecule has 0 aromatic carbocycles. The zero-order chi connectivity index (χ0) is 19.1. The maximum Gasteiger partial charge on any atom is 0.197 e. The zero-order valence-electron chi connectivity index (χ0n) is 15.7. The van der Waals surface area contributed by atoms with Gasteiger partial charge in [-0.1, -0.05) is 31.4 Å². The van der Waals surface area contributed by atoms with Crippen LogP contribution in [-0.2, 0) is 0 Å². The van der Waals surface area contributed by atoms with Gasteiger partial charge in [0.05, 0.1) is 5.69 Å². The predicted octanol–water partition coefficient (Wildman–Crippen LogP) is 2.58. The molecule has 3 rings (SSSR count). The quantitative estimate of drug-likeness (QED) is 0.795. The molecular formula is C20H25N7. The van der Waals surface area contributed by atoms with Crippen molar-refractivity contribution in [2.24, 2.45) is 0 Å². The number of nitrogens with zero attached hydrogens (tertiary/aromatic N) is 6. The average molecular weight is 363 g/mol. The summed E-state index contributed by atoms with van der Waals surface area (Å²) in [4.78, 5) is 9.57. The fourth-order valence-electron chi connectivity index (χ4n) is 2.94. The molecule has 27 heavy (non-hydrogen) atoms. The van der Waals surface area contributed by atoms with E-state index in [1.54, 1.807) is 12.2 Å². The van der Waals surface area contributed by atoms with Crippen LogP contribution in [0.15, 0.2) is 55.2 Å². The molecule has 1 saturated heterocycles. The summed E-state index contributed by atoms with van der Waals surface area (Å²) < 4.78 is 0. The molecule has 1 N–H and O–H groups in total. The Morgan fingerprint density at radius 3 is 2.89 bits per heavy atom. The van der Waals surface area contributed by atoms with Crippen molar-refractivity contribution in [1.82, 2.24) is 30.5 Å². The molecular weight excluding hydrogens is 338 g/mol. The van der Waals surface area contributed by atoms with Crippen LogP contribution in [0.1, 0.15) is 17.9 Å². The van der Waals surface area contributed by atoms with Crippen molar-refractivity contribution in [3.05, 3.63) is 66.7 Å². The van der Waals surface area contributed by atoms with Crippen molar-refractivity contribution < 1.29 is 0 Å². The lowest BCUT2D eigenvalue weighted by Crippen LogP contribution is -2.29. The molecule has 7 heteroatoms. The number of allylic oxidation sites excluding steroid dienone is 5. The van der Waals surface area contributed by atoms with E-state index in [2.05, 4.69) is 56.7 Å². The van der Waals surface area contributed by atoms with E-state index in [1.807, 2.05) is 24.3 Å². The van der Waals surface area contributed by atoms with Gasteiger partial charge in [0, 0.05) is 25.2 Å². The number of H-pyrrole nitrogens is 1. The highest BCUT2D eigenvalue weighted by molar-refractivity contribution is 5.75. The van der Waals surface area contributed by atoms with Gasteiger partial charge in [-0.25, -0.2) is 4.98 Å². The number of rotatable bonds is 6. The van der Waals surface area contributed by atoms with Crippen molar-refractivity contribution in [3.63, 3.8) is 0 Å². The van der Waals surface area contributed by atoms with E-state index in [1.165, 1.54) is 0 Å². The molecule has 1 aliphatic rings. The molecule has 0 unspecified atom stereocenters. The molecule has 140 valence electrons. The topological polar surface area (TPSA) is 73.8 Å². The van der Waals surface area contributed by atoms with Gasteiger partial charge < -0.3 is 9.80 Å². The van der Waals surface area contributed by atoms with Crippen LogP contribution in [0.2, 0.25) is 0 Å². The summed E-state index contributed by atoms with van der Waals surface area (Å²) in [5, 5.41) is 13.7. The number of aromatic nitrogens is 5. The zero-order valence-corrected chi connectivity index (χ0v) is 15.7. The van der Waals surface area contributed by atoms with E-state index in [9.17, 15) is 0 Å². The second-order valence-corrected chi connectivity index (χ2v) is 6.51. The summed E-state index contributed by atoms with van der Waals surface area (Å²) in [7, 11) is 2.17. The smallest absolute Gasteiger partial charge is 0.197 e. The minimum Gasteiger partial charge on any atom is -0.355 e. The molecule has 0 amide bonds. The molecule has 0 bridgehead atoms. The van der Waals surface area contributed by atoms with E-state index < -0.39 is 0 Å². The third kappa shape index (κ3) is 5.21. The second kappa shape index (κ2) is 9.05. The van der Waals surface area contributed by atoms with E-state index in [4.69, 9.17) is 4.98 Å². The summed E-state index contributed by atoms with van der Waals surface area (Å²) in [6.45, 7) is 12.2. The average Bonchev–Trinajstić information content (AvgIpc) is 3.11. The maximum absolute atomic E-state index is 4.86. The van der Waals surface area contributed by atoms with Gasteiger partial charge in [0.2, 0.25) is 0 Å². The number of likely N-dealkylation sites (N-methyl/N-ethyl adjacent to an activating group) is 1. The molecule has 0 saturated carbocycles. The molecule has 0 aliphatic carbocycles. The first-order valence-electron chi connectivity index (χ1n) is 9.01. The van der Waals surface area contributed by atoms with Crippen molar-refractivity contribution >= 4 is 17.5 Å². The van der Waals surface area contributed by atoms with Crippen LogP contribution < -0.4 is 4.90 Å². The molecule has 0 atom stereocenters. The minimum absolute atomic E-state index is 0.510. The molecule has 2 aromatic heterocycles. The van der Waals surface area contributed by atoms with Gasteiger partial charge >= 0.3 is 0 Å². The number of anilines is 1. The number of tetrazole rings is 1. The lowest BCUT2D eigenvalue weighted by molar-refractivity contribution is 0.360. The van der Waals surface area contributed by atoms with Crippen LogP contribution in [0.25, 0.3) is 11.6 Å². The Morgan fingerprint density at radius 1 is 1.22 bits per heavy atom. The van der Waals surface area contributed by atoms with Crippen molar-refractivity contribution in [2.75, 3.05) is 38.1 Å². The summed E-state index contributed by atoms with van der Waals surface area (Å²) in [5.74, 6) is 1.51. The van der Waals surface area contributed by atoms with Crippen LogP contribution in [0.4, 0.5) is 5.82 Å². The summed E-state index contributed by atoms with van der Waals surface area (Å²) in [6.07, 6.45) is 8.48. The van der Waals surface area contributed by atoms with Gasteiger partial charge in [0.1, 0.15) is 5.82 Å². The van der Waals surface area contributed by atoms with Crippen LogP contribution in [-0.4, -0.2) is 63.7 Å². The summed E-state index contributed by atoms with van der Waals surface area (Å²) >= 11 is 0. The van der Waals surface area contributed by atoms with Crippen LogP contribution >= 0.6 is 0 Å². The van der Waals surface area contributed by atoms with Gasteiger partial charge in [-0.15, -0.1) is 10.2 Å². The lowest BCUT2D eigenvalue weighted by Gasteiger charge is -2.22. The maximum atomic E-state index is 4.86. The number of aromatic amines is 1. The Labute approximate surface area is 159 Å². The van der Waals surface area contributed by atoms with Crippen LogP contribution in [0.5, 0.6) is 0 Å². The van der Waals surface area contributed by atoms with Crippen molar-refractivity contribution in [3.8, 4) is 0 Å². The molecule has 0 spiro atoms. The molecule has 0 radical (unpaired) electrons. The van der Waals surface area contributed by atoms with Crippen molar-refractivity contribution in [1.29, 1.82) is 0 Å². The largest absolute Gasteiger partial charge is 0.355 e. The molecule has 7 nitrogen and oxygen atoms in total. The van der Waals surface area contributed by atoms with Gasteiger partial charge in [-0.3, -0.25) is 0 Å². The van der Waals surface area contributed by atoms with Gasteiger partial charge in [0.15, 0.2) is 5.82 Å². The van der Waals surface area contributed by atoms with Gasteiger partial charge in [-0.05, 0) is 55.1 Å². The Kier molecular flexibility index (Phi) is 6.27. The molecule has 1 aliphatic heterocycles. The third-order valence-electron chi connectivity index (χ3n) is 4.44. The van der Waals surface area contributed by atoms with Gasteiger partial charge in [-0.2, -0.15) is 5.21 Å². The van der Waals surface area contributed by atoms with Gasteiger partial charge in [0.25, 0.3) is 0 Å². The number of nitrogens with one attached hydrogen (secondary N) is 1. The summed E-state index contributed by atoms with van der Waals surface area (Å²) in [5.41, 5.74) is 2.61. The molecule has 2 aromatic rings. The Balaban J connectivity index is 1.76. The summed E-state index contributed by atoms with van der Waals surface area (Å²) in [6, 6.07) is 6.11. The number of hydrogen-bond acceptors (Lipinski definition) is 6. The first-order chi connectivity index (χ1) is 13.2. The van der Waals surface area contributed by atoms with E-state index >= 15 is 0 Å². The Hall–Kier alpha value is -3.06. The fraction of sp³-hybridized carbons (Fsp3) is 0.300. The molecule has 3 heterocycles. The monoisotopic (exact) mass is 363 g/mol. The highest BCUT2D eigenvalue weighted by Crippen LogP contribution is 2.20. The Bertz CT molecular complexity index is 836. The normalized spacial score (nSPS) is 16.5. The first kappa shape index (κ1) is 18.7. The van der Waals surface area contributed by atoms with Crippen LogP contribution in [0, 0.1) is 0 Å². The Morgan fingerprint density at radius 2 is 2.11 bits per heavy atom. The highest BCUT2D eigenvalue weighted by Gasteiger charge is 2.14. The second-order valence-electron chi connectivity index (χ2n) is 6.51. The SMILES string of the molecule is C=C/C(=C\C(=C)/C=C/c1nn[nH]n1)c1cccc(N2CCCN(C)CC2)n1. The first-order valence-corrected chi connectivity index (χ1v) is 9.01. The van der Waals surface area contributed by atoms with E-state index in [0.29, 0.717) is 5.82 Å². The third-order valence-corrected chi connectivity index (χ3v) is 4.44. The standard InChI is InChI=1S/C20H25N7/c1-4-17(15-16(2)9-10-19-22-24-25-23-19)18-7-5-8-20(21-18)27-12-6-11-26(3)13-14-27/h4-5,7-10,15H,1-2,6,11-14H2,3H3,(H,22,23,24,25)/b10-9+,17-15+. The lowest BCUT2D eigenvalue weighted by atomic mass is 10.1. The minimum atomic E-state index is 0.510. The molecule has 1 fully saturated rings. The van der Waals surface area contributed by atoms with E-state index in [0.717, 1.165) is 55.3 Å². The number of hydrogen-bond donors (Lipinski definition) is 1. The fourth-order valence-corrected chi connectivity index (χ4v) is 2.94. The van der Waals surface area contributed by atoms with E-state index in [-0.39, 0.29) is 0 Å². The van der Waals surface area contributed by atoms with Crippen molar-refractivity contribution in [2.45, 2.75) is 6.42 Å².